The number of para-hydroxylation sites is 1. The average molecular weight is 500 g/mol. The lowest BCUT2D eigenvalue weighted by Gasteiger charge is -2.33. The van der Waals surface area contributed by atoms with Crippen LogP contribution in [0.3, 0.4) is 0 Å². The summed E-state index contributed by atoms with van der Waals surface area (Å²) in [5.74, 6) is -0.00297. The van der Waals surface area contributed by atoms with Gasteiger partial charge in [-0.1, -0.05) is 47.5 Å². The molecule has 9 heteroatoms. The van der Waals surface area contributed by atoms with Crippen LogP contribution < -0.4 is 9.62 Å². The van der Waals surface area contributed by atoms with Gasteiger partial charge in [0.05, 0.1) is 10.9 Å². The molecule has 4 aromatic rings. The molecule has 1 aliphatic heterocycles. The number of sulfonamides is 1. The zero-order chi connectivity index (χ0) is 23.3. The molecule has 0 spiro atoms. The minimum absolute atomic E-state index is 0.00297. The van der Waals surface area contributed by atoms with Gasteiger partial charge in [0.1, 0.15) is 0 Å². The van der Waals surface area contributed by atoms with Crippen molar-refractivity contribution >= 4 is 60.5 Å². The highest BCUT2D eigenvalue weighted by atomic mass is 35.5. The van der Waals surface area contributed by atoms with Crippen molar-refractivity contribution in [1.29, 1.82) is 0 Å². The lowest BCUT2D eigenvalue weighted by atomic mass is 9.97. The van der Waals surface area contributed by atoms with Crippen LogP contribution in [0, 0.1) is 0 Å². The maximum atomic E-state index is 12.9. The van der Waals surface area contributed by atoms with E-state index in [-0.39, 0.29) is 16.8 Å². The molecular weight excluding hydrogens is 481 g/mol. The quantitative estimate of drug-likeness (QED) is 0.316. The molecule has 33 heavy (non-hydrogen) atoms. The Morgan fingerprint density at radius 2 is 1.82 bits per heavy atom. The van der Waals surface area contributed by atoms with E-state index in [0.29, 0.717) is 32.2 Å². The van der Waals surface area contributed by atoms with E-state index in [1.54, 1.807) is 30.3 Å². The Morgan fingerprint density at radius 3 is 2.61 bits per heavy atom. The van der Waals surface area contributed by atoms with E-state index in [0.717, 1.165) is 11.3 Å². The molecule has 6 nitrogen and oxygen atoms in total. The summed E-state index contributed by atoms with van der Waals surface area (Å²) in [6.45, 7) is 0. The SMILES string of the molecule is CN1c2ccccc2C(Cl)=CC1c1c(O)[nH]c2ccc(NS(=O)(=O)c3cccc(Cl)c3)cc12. The molecule has 0 bridgehead atoms. The summed E-state index contributed by atoms with van der Waals surface area (Å²) in [6.07, 6.45) is 1.87. The van der Waals surface area contributed by atoms with Gasteiger partial charge in [-0.3, -0.25) is 4.72 Å². The lowest BCUT2D eigenvalue weighted by molar-refractivity contribution is 0.449. The minimum atomic E-state index is -3.85. The van der Waals surface area contributed by atoms with Crippen LogP contribution in [-0.4, -0.2) is 25.6 Å². The first-order chi connectivity index (χ1) is 15.7. The number of nitrogens with zero attached hydrogens (tertiary/aromatic N) is 1. The number of fused-ring (bicyclic) bond motifs is 2. The number of likely N-dealkylation sites (N-methyl/N-ethyl adjacent to an activating group) is 1. The summed E-state index contributed by atoms with van der Waals surface area (Å²) in [7, 11) is -1.92. The van der Waals surface area contributed by atoms with Crippen LogP contribution in [0.1, 0.15) is 17.2 Å². The molecular formula is C24H19Cl2N3O3S. The van der Waals surface area contributed by atoms with Gasteiger partial charge in [0, 0.05) is 50.5 Å². The van der Waals surface area contributed by atoms with Crippen molar-refractivity contribution < 1.29 is 13.5 Å². The first-order valence-corrected chi connectivity index (χ1v) is 12.3. The number of rotatable bonds is 4. The van der Waals surface area contributed by atoms with Gasteiger partial charge < -0.3 is 15.0 Å². The average Bonchev–Trinajstić information content (AvgIpc) is 3.11. The van der Waals surface area contributed by atoms with Crippen LogP contribution >= 0.6 is 23.2 Å². The van der Waals surface area contributed by atoms with Crippen molar-refractivity contribution in [2.45, 2.75) is 10.9 Å². The maximum absolute atomic E-state index is 12.9. The third-order valence-corrected chi connectivity index (χ3v) is 7.68. The lowest BCUT2D eigenvalue weighted by Crippen LogP contribution is -2.26. The van der Waals surface area contributed by atoms with Crippen molar-refractivity contribution in [3.8, 4) is 5.88 Å². The molecule has 0 amide bonds. The summed E-state index contributed by atoms with van der Waals surface area (Å²) in [4.78, 5) is 5.06. The van der Waals surface area contributed by atoms with Gasteiger partial charge in [-0.05, 0) is 48.5 Å². The fourth-order valence-corrected chi connectivity index (χ4v) is 5.79. The molecule has 168 valence electrons. The van der Waals surface area contributed by atoms with Gasteiger partial charge in [0.25, 0.3) is 10.0 Å². The Kier molecular flexibility index (Phi) is 5.28. The summed E-state index contributed by atoms with van der Waals surface area (Å²) in [6, 6.07) is 18.5. The number of aromatic nitrogens is 1. The van der Waals surface area contributed by atoms with E-state index in [1.165, 1.54) is 12.1 Å². The van der Waals surface area contributed by atoms with E-state index < -0.39 is 10.0 Å². The molecule has 2 heterocycles. The zero-order valence-electron chi connectivity index (χ0n) is 17.4. The molecule has 1 unspecified atom stereocenters. The maximum Gasteiger partial charge on any atom is 0.261 e. The summed E-state index contributed by atoms with van der Waals surface area (Å²) < 4.78 is 28.3. The molecule has 0 aliphatic carbocycles. The molecule has 1 aromatic heterocycles. The van der Waals surface area contributed by atoms with Gasteiger partial charge in [-0.2, -0.15) is 0 Å². The van der Waals surface area contributed by atoms with Gasteiger partial charge >= 0.3 is 0 Å². The first-order valence-electron chi connectivity index (χ1n) is 10.1. The van der Waals surface area contributed by atoms with Crippen LogP contribution in [0.5, 0.6) is 5.88 Å². The second kappa shape index (κ2) is 8.02. The smallest absolute Gasteiger partial charge is 0.261 e. The molecule has 5 rings (SSSR count). The Hall–Kier alpha value is -3.13. The second-order valence-corrected chi connectivity index (χ2v) is 10.3. The number of aromatic hydroxyl groups is 1. The number of halogens is 2. The van der Waals surface area contributed by atoms with E-state index >= 15 is 0 Å². The second-order valence-electron chi connectivity index (χ2n) is 7.80. The fourth-order valence-electron chi connectivity index (χ4n) is 4.16. The monoisotopic (exact) mass is 499 g/mol. The van der Waals surface area contributed by atoms with Crippen LogP contribution in [0.4, 0.5) is 11.4 Å². The minimum Gasteiger partial charge on any atom is -0.494 e. The van der Waals surface area contributed by atoms with Crippen molar-refractivity contribution in [1.82, 2.24) is 4.98 Å². The Bertz CT molecular complexity index is 1530. The molecule has 0 saturated heterocycles. The number of hydrogen-bond donors (Lipinski definition) is 3. The molecule has 3 N–H and O–H groups in total. The van der Waals surface area contributed by atoms with Crippen molar-refractivity contribution in [3.63, 3.8) is 0 Å². The van der Waals surface area contributed by atoms with Crippen LogP contribution in [0.2, 0.25) is 5.02 Å². The Labute approximate surface area is 201 Å². The van der Waals surface area contributed by atoms with Gasteiger partial charge in [0.15, 0.2) is 5.88 Å². The summed E-state index contributed by atoms with van der Waals surface area (Å²) in [5, 5.41) is 12.4. The number of hydrogen-bond acceptors (Lipinski definition) is 4. The van der Waals surface area contributed by atoms with Gasteiger partial charge in [0.2, 0.25) is 0 Å². The standard InChI is InChI=1S/C24H19Cl2N3O3S/c1-29-21-8-3-2-7-17(21)19(26)13-22(29)23-18-12-15(9-10-20(18)27-24(23)30)28-33(31,32)16-6-4-5-14(25)11-16/h2-13,22,27-28,30H,1H3. The number of benzene rings is 3. The molecule has 3 aromatic carbocycles. The Balaban J connectivity index is 1.58. The number of nitrogens with one attached hydrogen (secondary N) is 2. The predicted molar refractivity (Wildman–Crippen MR) is 134 cm³/mol. The number of H-pyrrole nitrogens is 1. The van der Waals surface area contributed by atoms with Crippen molar-refractivity contribution in [2.24, 2.45) is 0 Å². The van der Waals surface area contributed by atoms with Crippen LogP contribution in [0.15, 0.2) is 77.7 Å². The summed E-state index contributed by atoms with van der Waals surface area (Å²) in [5.41, 5.74) is 3.47. The normalized spacial score (nSPS) is 15.9. The highest BCUT2D eigenvalue weighted by Gasteiger charge is 2.29. The van der Waals surface area contributed by atoms with E-state index in [9.17, 15) is 13.5 Å². The van der Waals surface area contributed by atoms with E-state index in [4.69, 9.17) is 23.2 Å². The molecule has 0 fully saturated rings. The third-order valence-electron chi connectivity index (χ3n) is 5.74. The topological polar surface area (TPSA) is 85.4 Å². The fraction of sp³-hybridized carbons (Fsp3) is 0.0833. The number of anilines is 2. The van der Waals surface area contributed by atoms with E-state index in [1.807, 2.05) is 42.3 Å². The summed E-state index contributed by atoms with van der Waals surface area (Å²) >= 11 is 12.5. The van der Waals surface area contributed by atoms with Gasteiger partial charge in [-0.25, -0.2) is 8.42 Å². The Morgan fingerprint density at radius 1 is 1.03 bits per heavy atom. The highest BCUT2D eigenvalue weighted by molar-refractivity contribution is 7.92. The van der Waals surface area contributed by atoms with Crippen LogP contribution in [0.25, 0.3) is 15.9 Å². The number of aromatic amines is 1. The van der Waals surface area contributed by atoms with Crippen LogP contribution in [-0.2, 0) is 10.0 Å². The highest BCUT2D eigenvalue weighted by Crippen LogP contribution is 2.45. The molecule has 1 aliphatic rings. The first kappa shape index (κ1) is 21.7. The van der Waals surface area contributed by atoms with Crippen molar-refractivity contribution in [3.05, 3.63) is 89.0 Å². The van der Waals surface area contributed by atoms with Gasteiger partial charge in [-0.15, -0.1) is 0 Å². The molecule has 0 radical (unpaired) electrons. The largest absolute Gasteiger partial charge is 0.494 e. The zero-order valence-corrected chi connectivity index (χ0v) is 19.7. The van der Waals surface area contributed by atoms with Crippen molar-refractivity contribution in [2.75, 3.05) is 16.7 Å². The molecule has 0 saturated carbocycles. The van der Waals surface area contributed by atoms with E-state index in [2.05, 4.69) is 9.71 Å². The third kappa shape index (κ3) is 3.82. The molecule has 1 atom stereocenters. The predicted octanol–water partition coefficient (Wildman–Crippen LogP) is 6.10.